The zero-order valence-corrected chi connectivity index (χ0v) is 11.3. The van der Waals surface area contributed by atoms with E-state index in [-0.39, 0.29) is 0 Å². The van der Waals surface area contributed by atoms with Crippen molar-refractivity contribution in [3.05, 3.63) is 69.8 Å². The summed E-state index contributed by atoms with van der Waals surface area (Å²) >= 11 is 0. The van der Waals surface area contributed by atoms with Gasteiger partial charge >= 0.3 is 0 Å². The van der Waals surface area contributed by atoms with E-state index in [0.29, 0.717) is 0 Å². The monoisotopic (exact) mass is 266 g/mol. The van der Waals surface area contributed by atoms with Gasteiger partial charge in [-0.1, -0.05) is 36.4 Å². The summed E-state index contributed by atoms with van der Waals surface area (Å²) in [5, 5.41) is 21.1. The summed E-state index contributed by atoms with van der Waals surface area (Å²) in [4.78, 5) is 0. The predicted octanol–water partition coefficient (Wildman–Crippen LogP) is 2.65. The van der Waals surface area contributed by atoms with Gasteiger partial charge in [0.2, 0.25) is 0 Å². The van der Waals surface area contributed by atoms with E-state index in [9.17, 15) is 10.2 Å². The molecule has 0 unspecified atom stereocenters. The van der Waals surface area contributed by atoms with E-state index in [0.717, 1.165) is 47.9 Å². The summed E-state index contributed by atoms with van der Waals surface area (Å²) in [6.07, 6.45) is 2.16. The van der Waals surface area contributed by atoms with Gasteiger partial charge < -0.3 is 10.2 Å². The molecule has 2 aliphatic rings. The number of aliphatic hydroxyl groups excluding tert-OH is 2. The second-order valence-corrected chi connectivity index (χ2v) is 5.96. The van der Waals surface area contributed by atoms with Crippen LogP contribution >= 0.6 is 0 Å². The highest BCUT2D eigenvalue weighted by Gasteiger charge is 2.28. The maximum absolute atomic E-state index is 10.6. The van der Waals surface area contributed by atoms with Crippen LogP contribution in [0.25, 0.3) is 0 Å². The van der Waals surface area contributed by atoms with Crippen LogP contribution < -0.4 is 0 Å². The third-order valence-electron chi connectivity index (χ3n) is 4.72. The standard InChI is InChI=1S/C18H18O2/c19-17-15-9-11-1-2-12-4-6-14(16(10-12)18(17)20)8-7-13(15)5-3-11/h3-6,9-10,17-20H,1-2,7-8H2/t17-,18-/m1/s1. The number of fused-ring (bicyclic) bond motifs is 3. The van der Waals surface area contributed by atoms with Crippen LogP contribution in [-0.2, 0) is 25.7 Å². The molecule has 2 N–H and O–H groups in total. The molecule has 2 aromatic carbocycles. The fraction of sp³-hybridized carbons (Fsp3) is 0.333. The fourth-order valence-corrected chi connectivity index (χ4v) is 3.50. The van der Waals surface area contributed by atoms with Gasteiger partial charge in [0, 0.05) is 0 Å². The van der Waals surface area contributed by atoms with E-state index in [2.05, 4.69) is 36.4 Å². The van der Waals surface area contributed by atoms with Gasteiger partial charge in [0.1, 0.15) is 12.2 Å². The van der Waals surface area contributed by atoms with E-state index in [1.807, 2.05) is 0 Å². The van der Waals surface area contributed by atoms with Crippen LogP contribution in [0.1, 0.15) is 45.6 Å². The minimum atomic E-state index is -0.822. The molecule has 2 atom stereocenters. The van der Waals surface area contributed by atoms with E-state index in [4.69, 9.17) is 0 Å². The minimum Gasteiger partial charge on any atom is -0.385 e. The molecule has 2 heteroatoms. The Morgan fingerprint density at radius 3 is 1.55 bits per heavy atom. The molecule has 0 spiro atoms. The fourth-order valence-electron chi connectivity index (χ4n) is 3.50. The van der Waals surface area contributed by atoms with E-state index in [1.54, 1.807) is 0 Å². The lowest BCUT2D eigenvalue weighted by Gasteiger charge is -2.28. The zero-order chi connectivity index (χ0) is 13.7. The molecule has 0 amide bonds. The Bertz CT molecular complexity index is 616. The molecule has 0 fully saturated rings. The summed E-state index contributed by atoms with van der Waals surface area (Å²) in [5.41, 5.74) is 6.62. The van der Waals surface area contributed by atoms with Crippen LogP contribution in [0, 0.1) is 0 Å². The average molecular weight is 266 g/mol. The number of rotatable bonds is 0. The zero-order valence-electron chi connectivity index (χ0n) is 11.3. The molecule has 0 saturated carbocycles. The molecular weight excluding hydrogens is 248 g/mol. The van der Waals surface area contributed by atoms with Gasteiger partial charge in [0.15, 0.2) is 0 Å². The number of aryl methyl sites for hydroxylation is 4. The highest BCUT2D eigenvalue weighted by molar-refractivity contribution is 5.43. The molecule has 20 heavy (non-hydrogen) atoms. The number of benzene rings is 2. The van der Waals surface area contributed by atoms with Crippen molar-refractivity contribution in [2.45, 2.75) is 37.9 Å². The Hall–Kier alpha value is -1.64. The summed E-state index contributed by atoms with van der Waals surface area (Å²) < 4.78 is 0. The molecular formula is C18H18O2. The summed E-state index contributed by atoms with van der Waals surface area (Å²) in [7, 11) is 0. The molecule has 4 rings (SSSR count). The Balaban J connectivity index is 2.00. The van der Waals surface area contributed by atoms with Crippen molar-refractivity contribution in [1.29, 1.82) is 0 Å². The largest absolute Gasteiger partial charge is 0.385 e. The van der Waals surface area contributed by atoms with E-state index < -0.39 is 12.2 Å². The molecule has 2 aromatic rings. The summed E-state index contributed by atoms with van der Waals surface area (Å²) in [6, 6.07) is 12.7. The Labute approximate surface area is 118 Å². The number of hydrogen-bond acceptors (Lipinski definition) is 2. The van der Waals surface area contributed by atoms with Crippen LogP contribution in [0.5, 0.6) is 0 Å². The highest BCUT2D eigenvalue weighted by Crippen LogP contribution is 2.37. The van der Waals surface area contributed by atoms with Gasteiger partial charge in [-0.05, 0) is 59.1 Å². The van der Waals surface area contributed by atoms with Crippen molar-refractivity contribution in [2.75, 3.05) is 0 Å². The maximum Gasteiger partial charge on any atom is 0.109 e. The first-order valence-corrected chi connectivity index (χ1v) is 7.32. The molecule has 0 radical (unpaired) electrons. The van der Waals surface area contributed by atoms with Crippen molar-refractivity contribution in [3.8, 4) is 0 Å². The first kappa shape index (κ1) is 12.1. The minimum absolute atomic E-state index is 0.822. The predicted molar refractivity (Wildman–Crippen MR) is 77.6 cm³/mol. The lowest BCUT2D eigenvalue weighted by Crippen LogP contribution is -2.19. The molecule has 102 valence electrons. The maximum atomic E-state index is 10.6. The Morgan fingerprint density at radius 1 is 0.650 bits per heavy atom. The first-order valence-electron chi connectivity index (χ1n) is 7.32. The van der Waals surface area contributed by atoms with Gasteiger partial charge in [-0.2, -0.15) is 0 Å². The SMILES string of the molecule is O[C@@H]1c2cc3ccc2CCc2ccc(cc2[C@H]1O)CC3. The topological polar surface area (TPSA) is 40.5 Å². The van der Waals surface area contributed by atoms with Crippen LogP contribution in [0.2, 0.25) is 0 Å². The van der Waals surface area contributed by atoms with Gasteiger partial charge in [-0.25, -0.2) is 0 Å². The Kier molecular flexibility index (Phi) is 2.69. The van der Waals surface area contributed by atoms with Crippen LogP contribution in [0.4, 0.5) is 0 Å². The van der Waals surface area contributed by atoms with Crippen LogP contribution in [0.3, 0.4) is 0 Å². The Morgan fingerprint density at radius 2 is 1.10 bits per heavy atom. The number of hydrogen-bond donors (Lipinski definition) is 2. The normalized spacial score (nSPS) is 23.7. The quantitative estimate of drug-likeness (QED) is 0.769. The highest BCUT2D eigenvalue weighted by atomic mass is 16.3. The second-order valence-electron chi connectivity index (χ2n) is 5.96. The molecule has 0 aromatic heterocycles. The molecule has 0 aliphatic heterocycles. The summed E-state index contributed by atoms with van der Waals surface area (Å²) in [5.74, 6) is 0. The molecule has 4 bridgehead atoms. The molecule has 2 nitrogen and oxygen atoms in total. The van der Waals surface area contributed by atoms with Crippen LogP contribution in [0.15, 0.2) is 36.4 Å². The van der Waals surface area contributed by atoms with Crippen molar-refractivity contribution < 1.29 is 10.2 Å². The van der Waals surface area contributed by atoms with Gasteiger partial charge in [-0.3, -0.25) is 0 Å². The summed E-state index contributed by atoms with van der Waals surface area (Å²) in [6.45, 7) is 0. The third-order valence-corrected chi connectivity index (χ3v) is 4.72. The third kappa shape index (κ3) is 1.80. The van der Waals surface area contributed by atoms with Crippen molar-refractivity contribution in [2.24, 2.45) is 0 Å². The first-order chi connectivity index (χ1) is 9.72. The van der Waals surface area contributed by atoms with Crippen molar-refractivity contribution in [3.63, 3.8) is 0 Å². The average Bonchev–Trinajstić information content (AvgIpc) is 2.47. The lowest BCUT2D eigenvalue weighted by molar-refractivity contribution is 0.0154. The van der Waals surface area contributed by atoms with Crippen molar-refractivity contribution >= 4 is 0 Å². The van der Waals surface area contributed by atoms with Gasteiger partial charge in [0.05, 0.1) is 0 Å². The van der Waals surface area contributed by atoms with Crippen molar-refractivity contribution in [1.82, 2.24) is 0 Å². The molecule has 0 heterocycles. The molecule has 2 aliphatic carbocycles. The van der Waals surface area contributed by atoms with Gasteiger partial charge in [0.25, 0.3) is 0 Å². The smallest absolute Gasteiger partial charge is 0.109 e. The number of aliphatic hydroxyl groups is 2. The lowest BCUT2D eigenvalue weighted by atomic mass is 9.82. The van der Waals surface area contributed by atoms with Gasteiger partial charge in [-0.15, -0.1) is 0 Å². The second kappa shape index (κ2) is 4.44. The van der Waals surface area contributed by atoms with E-state index >= 15 is 0 Å². The molecule has 0 saturated heterocycles. The van der Waals surface area contributed by atoms with E-state index in [1.165, 1.54) is 11.1 Å². The van der Waals surface area contributed by atoms with Crippen LogP contribution in [-0.4, -0.2) is 10.2 Å².